The Hall–Kier alpha value is -2.04. The molecule has 0 aromatic rings. The molecule has 1 fully saturated rings. The second-order valence-electron chi connectivity index (χ2n) is 4.45. The molecule has 1 aliphatic heterocycles. The van der Waals surface area contributed by atoms with Crippen molar-refractivity contribution in [2.75, 3.05) is 21.2 Å². The molecule has 1 heterocycles. The van der Waals surface area contributed by atoms with Crippen molar-refractivity contribution in [2.45, 2.75) is 25.7 Å². The number of rotatable bonds is 5. The fraction of sp³-hybridized carbons (Fsp3) is 0.636. The number of oxime groups is 1. The largest absolute Gasteiger partial charge is 0.399 e. The van der Waals surface area contributed by atoms with Crippen LogP contribution in [0, 0.1) is 0 Å². The summed E-state index contributed by atoms with van der Waals surface area (Å²) in [4.78, 5) is 47.7. The lowest BCUT2D eigenvalue weighted by atomic mass is 9.93. The molecular weight excluding hydrogens is 284 g/mol. The third-order valence-electron chi connectivity index (χ3n) is 2.91. The number of hydroxylamine groups is 1. The number of carbonyl (C=O) groups is 3. The van der Waals surface area contributed by atoms with Gasteiger partial charge in [0, 0.05) is 14.1 Å². The van der Waals surface area contributed by atoms with Gasteiger partial charge in [-0.2, -0.15) is 5.48 Å². The monoisotopic (exact) mass is 302 g/mol. The number of amides is 4. The molecule has 1 saturated heterocycles. The van der Waals surface area contributed by atoms with Gasteiger partial charge in [0.1, 0.15) is 19.0 Å². The quantitative estimate of drug-likeness (QED) is 0.279. The van der Waals surface area contributed by atoms with Crippen LogP contribution in [0.25, 0.3) is 0 Å². The molecule has 0 bridgehead atoms. The second-order valence-corrected chi connectivity index (χ2v) is 4.45. The van der Waals surface area contributed by atoms with Gasteiger partial charge in [0.15, 0.2) is 0 Å². The molecule has 0 saturated carbocycles. The van der Waals surface area contributed by atoms with Crippen molar-refractivity contribution in [3.8, 4) is 0 Å². The molecule has 1 atom stereocenters. The lowest BCUT2D eigenvalue weighted by Crippen LogP contribution is -2.72. The van der Waals surface area contributed by atoms with E-state index in [1.54, 1.807) is 0 Å². The molecule has 0 aliphatic carbocycles. The van der Waals surface area contributed by atoms with Gasteiger partial charge in [-0.05, 0) is 13.8 Å². The Morgan fingerprint density at radius 2 is 1.76 bits per heavy atom. The van der Waals surface area contributed by atoms with Gasteiger partial charge in [-0.3, -0.25) is 24.2 Å². The maximum Gasteiger partial charge on any atom is 0.333 e. The number of barbiturate groups is 1. The number of nitrogens with zero attached hydrogens (tertiary/aromatic N) is 3. The summed E-state index contributed by atoms with van der Waals surface area (Å²) in [6.07, 6.45) is -1.16. The van der Waals surface area contributed by atoms with Crippen molar-refractivity contribution in [3.63, 3.8) is 0 Å². The van der Waals surface area contributed by atoms with Crippen molar-refractivity contribution in [1.29, 1.82) is 0 Å². The summed E-state index contributed by atoms with van der Waals surface area (Å²) >= 11 is 0. The van der Waals surface area contributed by atoms with Crippen LogP contribution < -0.4 is 5.48 Å². The molecule has 4 amide bonds. The Labute approximate surface area is 121 Å². The molecule has 1 aliphatic rings. The average Bonchev–Trinajstić information content (AvgIpc) is 2.43. The van der Waals surface area contributed by atoms with E-state index in [4.69, 9.17) is 4.84 Å². The van der Waals surface area contributed by atoms with Gasteiger partial charge in [0.05, 0.1) is 0 Å². The molecule has 21 heavy (non-hydrogen) atoms. The zero-order chi connectivity index (χ0) is 16.4. The summed E-state index contributed by atoms with van der Waals surface area (Å²) in [5, 5.41) is 12.8. The van der Waals surface area contributed by atoms with E-state index in [1.807, 2.05) is 0 Å². The number of aliphatic hydroxyl groups is 1. The molecule has 0 spiro atoms. The molecule has 2 N–H and O–H groups in total. The standard InChI is InChI=1S/C11H18N4O6/c1-6(12-20-5)11(21-13-7(2)16)8(17)14(3)10(19)15(4)9(11)18/h7,13,16H,1-5H3/b12-6+. The van der Waals surface area contributed by atoms with Crippen LogP contribution in [0.3, 0.4) is 0 Å². The summed E-state index contributed by atoms with van der Waals surface area (Å²) in [7, 11) is 3.64. The van der Waals surface area contributed by atoms with E-state index in [-0.39, 0.29) is 5.71 Å². The zero-order valence-corrected chi connectivity index (χ0v) is 12.4. The third-order valence-corrected chi connectivity index (χ3v) is 2.91. The summed E-state index contributed by atoms with van der Waals surface area (Å²) in [6.45, 7) is 2.66. The number of aliphatic hydroxyl groups excluding tert-OH is 1. The molecule has 0 aromatic heterocycles. The van der Waals surface area contributed by atoms with Crippen molar-refractivity contribution < 1.29 is 29.2 Å². The predicted molar refractivity (Wildman–Crippen MR) is 69.7 cm³/mol. The maximum atomic E-state index is 12.4. The van der Waals surface area contributed by atoms with Gasteiger partial charge in [-0.25, -0.2) is 4.79 Å². The minimum atomic E-state index is -2.23. The lowest BCUT2D eigenvalue weighted by Gasteiger charge is -2.40. The number of urea groups is 1. The second kappa shape index (κ2) is 6.16. The fourth-order valence-corrected chi connectivity index (χ4v) is 1.81. The van der Waals surface area contributed by atoms with Gasteiger partial charge in [-0.15, -0.1) is 0 Å². The Bertz CT molecular complexity index is 465. The number of nitrogens with one attached hydrogen (secondary N) is 1. The molecule has 10 heteroatoms. The van der Waals surface area contributed by atoms with Crippen molar-refractivity contribution in [2.24, 2.45) is 5.16 Å². The van der Waals surface area contributed by atoms with Crippen molar-refractivity contribution >= 4 is 23.6 Å². The van der Waals surface area contributed by atoms with Gasteiger partial charge in [0.2, 0.25) is 0 Å². The van der Waals surface area contributed by atoms with E-state index in [1.165, 1.54) is 35.1 Å². The van der Waals surface area contributed by atoms with Gasteiger partial charge < -0.3 is 9.94 Å². The topological polar surface area (TPSA) is 121 Å². The van der Waals surface area contributed by atoms with Crippen LogP contribution >= 0.6 is 0 Å². The number of hydrogen-bond acceptors (Lipinski definition) is 8. The molecule has 0 aromatic carbocycles. The summed E-state index contributed by atoms with van der Waals surface area (Å²) < 4.78 is 0. The Morgan fingerprint density at radius 3 is 2.14 bits per heavy atom. The van der Waals surface area contributed by atoms with Crippen LogP contribution in [0.5, 0.6) is 0 Å². The minimum Gasteiger partial charge on any atom is -0.399 e. The van der Waals surface area contributed by atoms with Gasteiger partial charge >= 0.3 is 6.03 Å². The molecule has 10 nitrogen and oxygen atoms in total. The van der Waals surface area contributed by atoms with E-state index in [2.05, 4.69) is 15.5 Å². The Kier molecular flexibility index (Phi) is 4.99. The highest BCUT2D eigenvalue weighted by molar-refractivity contribution is 6.34. The zero-order valence-electron chi connectivity index (χ0n) is 12.4. The van der Waals surface area contributed by atoms with Crippen LogP contribution in [0.4, 0.5) is 4.79 Å². The Balaban J connectivity index is 3.38. The number of likely N-dealkylation sites (N-methyl/N-ethyl adjacent to an activating group) is 2. The average molecular weight is 302 g/mol. The minimum absolute atomic E-state index is 0.126. The molecule has 0 radical (unpaired) electrons. The van der Waals surface area contributed by atoms with E-state index in [0.717, 1.165) is 9.80 Å². The van der Waals surface area contributed by atoms with E-state index < -0.39 is 29.7 Å². The first-order valence-electron chi connectivity index (χ1n) is 6.00. The van der Waals surface area contributed by atoms with Crippen molar-refractivity contribution in [1.82, 2.24) is 15.3 Å². The SMILES string of the molecule is CO/N=C(\C)C1(ONC(C)O)C(=O)N(C)C(=O)N(C)C1=O. The van der Waals surface area contributed by atoms with Gasteiger partial charge in [-0.1, -0.05) is 5.16 Å². The van der Waals surface area contributed by atoms with Gasteiger partial charge in [0.25, 0.3) is 17.4 Å². The predicted octanol–water partition coefficient (Wildman–Crippen LogP) is -1.34. The van der Waals surface area contributed by atoms with Crippen molar-refractivity contribution in [3.05, 3.63) is 0 Å². The van der Waals surface area contributed by atoms with Crippen LogP contribution in [0.2, 0.25) is 0 Å². The summed E-state index contributed by atoms with van der Waals surface area (Å²) in [5.74, 6) is -1.89. The highest BCUT2D eigenvalue weighted by atomic mass is 16.7. The first kappa shape index (κ1) is 17.0. The summed E-state index contributed by atoms with van der Waals surface area (Å²) in [5.41, 5.74) is -0.232. The highest BCUT2D eigenvalue weighted by Gasteiger charge is 2.60. The van der Waals surface area contributed by atoms with E-state index in [0.29, 0.717) is 0 Å². The molecule has 118 valence electrons. The molecular formula is C11H18N4O6. The Morgan fingerprint density at radius 1 is 1.29 bits per heavy atom. The normalized spacial score (nSPS) is 20.9. The fourth-order valence-electron chi connectivity index (χ4n) is 1.81. The molecule has 1 rings (SSSR count). The van der Waals surface area contributed by atoms with Crippen LogP contribution in [0.1, 0.15) is 13.8 Å². The summed E-state index contributed by atoms with van der Waals surface area (Å²) in [6, 6.07) is -0.800. The van der Waals surface area contributed by atoms with Crippen LogP contribution in [-0.2, 0) is 19.3 Å². The highest BCUT2D eigenvalue weighted by Crippen LogP contribution is 2.25. The lowest BCUT2D eigenvalue weighted by molar-refractivity contribution is -0.181. The number of hydrogen-bond donors (Lipinski definition) is 2. The van der Waals surface area contributed by atoms with Crippen LogP contribution in [-0.4, -0.2) is 71.5 Å². The van der Waals surface area contributed by atoms with Crippen LogP contribution in [0.15, 0.2) is 5.16 Å². The number of imide groups is 2. The van der Waals surface area contributed by atoms with E-state index >= 15 is 0 Å². The maximum absolute atomic E-state index is 12.4. The van der Waals surface area contributed by atoms with E-state index in [9.17, 15) is 19.5 Å². The molecule has 1 unspecified atom stereocenters. The third kappa shape index (κ3) is 2.73. The first-order valence-corrected chi connectivity index (χ1v) is 6.00. The first-order chi connectivity index (χ1) is 9.70. The smallest absolute Gasteiger partial charge is 0.333 e. The number of carbonyl (C=O) groups excluding carboxylic acids is 3.